The molecule has 0 heterocycles. The Bertz CT molecular complexity index is 297. The largest absolute Gasteiger partial charge is 0.329 e. The maximum atomic E-state index is 13.4. The van der Waals surface area contributed by atoms with Crippen LogP contribution in [-0.4, -0.2) is 31.6 Å². The Morgan fingerprint density at radius 3 is 2.73 bits per heavy atom. The van der Waals surface area contributed by atoms with E-state index in [-0.39, 0.29) is 5.82 Å². The SMILES string of the molecule is CN(CCN)CCc1c(F)cccc1Cl. The molecular formula is C11H16ClFN2. The number of nitrogens with zero attached hydrogens (tertiary/aromatic N) is 1. The highest BCUT2D eigenvalue weighted by Crippen LogP contribution is 2.19. The molecule has 0 saturated heterocycles. The normalized spacial score (nSPS) is 11.0. The molecule has 0 aromatic heterocycles. The molecular weight excluding hydrogens is 215 g/mol. The molecule has 0 unspecified atom stereocenters. The molecule has 0 radical (unpaired) electrons. The van der Waals surface area contributed by atoms with Crippen LogP contribution >= 0.6 is 11.6 Å². The molecule has 1 rings (SSSR count). The van der Waals surface area contributed by atoms with Crippen molar-refractivity contribution in [2.24, 2.45) is 5.73 Å². The van der Waals surface area contributed by atoms with Crippen molar-refractivity contribution >= 4 is 11.6 Å². The Kier molecular flexibility index (Phi) is 5.02. The summed E-state index contributed by atoms with van der Waals surface area (Å²) in [6, 6.07) is 4.76. The van der Waals surface area contributed by atoms with Gasteiger partial charge in [0.05, 0.1) is 0 Å². The van der Waals surface area contributed by atoms with Gasteiger partial charge in [0.15, 0.2) is 0 Å². The first-order chi connectivity index (χ1) is 7.15. The van der Waals surface area contributed by atoms with E-state index in [0.717, 1.165) is 13.1 Å². The number of nitrogens with two attached hydrogens (primary N) is 1. The molecule has 0 atom stereocenters. The second-order valence-corrected chi connectivity index (χ2v) is 3.95. The standard InChI is InChI=1S/C11H16ClFN2/c1-15(8-6-14)7-5-9-10(12)3-2-4-11(9)13/h2-4H,5-8,14H2,1H3. The summed E-state index contributed by atoms with van der Waals surface area (Å²) in [4.78, 5) is 2.06. The maximum Gasteiger partial charge on any atom is 0.127 e. The van der Waals surface area contributed by atoms with Gasteiger partial charge in [-0.05, 0) is 25.6 Å². The maximum absolute atomic E-state index is 13.4. The molecule has 0 spiro atoms. The molecule has 0 bridgehead atoms. The smallest absolute Gasteiger partial charge is 0.127 e. The van der Waals surface area contributed by atoms with E-state index < -0.39 is 0 Å². The van der Waals surface area contributed by atoms with Gasteiger partial charge in [-0.1, -0.05) is 17.7 Å². The van der Waals surface area contributed by atoms with Gasteiger partial charge in [-0.15, -0.1) is 0 Å². The topological polar surface area (TPSA) is 29.3 Å². The first-order valence-corrected chi connectivity index (χ1v) is 5.34. The second kappa shape index (κ2) is 6.05. The van der Waals surface area contributed by atoms with E-state index in [2.05, 4.69) is 4.90 Å². The van der Waals surface area contributed by atoms with Crippen LogP contribution in [0.4, 0.5) is 4.39 Å². The van der Waals surface area contributed by atoms with Gasteiger partial charge in [-0.25, -0.2) is 4.39 Å². The molecule has 0 aliphatic rings. The highest BCUT2D eigenvalue weighted by atomic mass is 35.5. The van der Waals surface area contributed by atoms with Crippen molar-refractivity contribution in [1.82, 2.24) is 4.90 Å². The molecule has 0 saturated carbocycles. The molecule has 0 aliphatic carbocycles. The van der Waals surface area contributed by atoms with E-state index in [1.54, 1.807) is 12.1 Å². The van der Waals surface area contributed by atoms with Gasteiger partial charge in [-0.2, -0.15) is 0 Å². The van der Waals surface area contributed by atoms with Crippen molar-refractivity contribution in [1.29, 1.82) is 0 Å². The van der Waals surface area contributed by atoms with Gasteiger partial charge in [0.2, 0.25) is 0 Å². The summed E-state index contributed by atoms with van der Waals surface area (Å²) in [7, 11) is 1.96. The second-order valence-electron chi connectivity index (χ2n) is 3.54. The third kappa shape index (κ3) is 3.78. The lowest BCUT2D eigenvalue weighted by Crippen LogP contribution is -2.27. The molecule has 0 amide bonds. The average molecular weight is 231 g/mol. The molecule has 0 fully saturated rings. The fourth-order valence-corrected chi connectivity index (χ4v) is 1.66. The summed E-state index contributed by atoms with van der Waals surface area (Å²) >= 11 is 5.91. The van der Waals surface area contributed by atoms with E-state index in [4.69, 9.17) is 17.3 Å². The number of likely N-dealkylation sites (N-methyl/N-ethyl adjacent to an activating group) is 1. The minimum Gasteiger partial charge on any atom is -0.329 e. The third-order valence-electron chi connectivity index (χ3n) is 2.32. The Morgan fingerprint density at radius 1 is 1.40 bits per heavy atom. The van der Waals surface area contributed by atoms with Crippen molar-refractivity contribution < 1.29 is 4.39 Å². The quantitative estimate of drug-likeness (QED) is 0.838. The Morgan fingerprint density at radius 2 is 2.13 bits per heavy atom. The predicted molar refractivity (Wildman–Crippen MR) is 61.7 cm³/mol. The van der Waals surface area contributed by atoms with Crippen LogP contribution in [0.15, 0.2) is 18.2 Å². The first kappa shape index (κ1) is 12.4. The summed E-state index contributed by atoms with van der Waals surface area (Å²) in [5.41, 5.74) is 6.00. The zero-order chi connectivity index (χ0) is 11.3. The average Bonchev–Trinajstić information content (AvgIpc) is 2.17. The number of hydrogen-bond acceptors (Lipinski definition) is 2. The van der Waals surface area contributed by atoms with E-state index in [9.17, 15) is 4.39 Å². The van der Waals surface area contributed by atoms with Gasteiger partial charge < -0.3 is 10.6 Å². The van der Waals surface area contributed by atoms with Crippen LogP contribution in [0.1, 0.15) is 5.56 Å². The molecule has 0 aliphatic heterocycles. The fourth-order valence-electron chi connectivity index (χ4n) is 1.41. The van der Waals surface area contributed by atoms with Crippen molar-refractivity contribution in [2.75, 3.05) is 26.7 Å². The first-order valence-electron chi connectivity index (χ1n) is 4.96. The Balaban J connectivity index is 2.57. The zero-order valence-corrected chi connectivity index (χ0v) is 9.60. The van der Waals surface area contributed by atoms with Crippen LogP contribution in [0.2, 0.25) is 5.02 Å². The van der Waals surface area contributed by atoms with Crippen molar-refractivity contribution in [2.45, 2.75) is 6.42 Å². The monoisotopic (exact) mass is 230 g/mol. The van der Waals surface area contributed by atoms with Gasteiger partial charge in [0.25, 0.3) is 0 Å². The van der Waals surface area contributed by atoms with E-state index >= 15 is 0 Å². The summed E-state index contributed by atoms with van der Waals surface area (Å²) in [6.07, 6.45) is 0.613. The van der Waals surface area contributed by atoms with Gasteiger partial charge in [-0.3, -0.25) is 0 Å². The Labute approximate surface area is 94.8 Å². The third-order valence-corrected chi connectivity index (χ3v) is 2.67. The number of halogens is 2. The fraction of sp³-hybridized carbons (Fsp3) is 0.455. The molecule has 1 aromatic rings. The summed E-state index contributed by atoms with van der Waals surface area (Å²) in [5.74, 6) is -0.233. The molecule has 4 heteroatoms. The highest BCUT2D eigenvalue weighted by Gasteiger charge is 2.07. The highest BCUT2D eigenvalue weighted by molar-refractivity contribution is 6.31. The number of rotatable bonds is 5. The van der Waals surface area contributed by atoms with Gasteiger partial charge >= 0.3 is 0 Å². The molecule has 84 valence electrons. The van der Waals surface area contributed by atoms with Crippen LogP contribution < -0.4 is 5.73 Å². The van der Waals surface area contributed by atoms with Crippen LogP contribution in [0.3, 0.4) is 0 Å². The zero-order valence-electron chi connectivity index (χ0n) is 8.84. The number of hydrogen-bond donors (Lipinski definition) is 1. The summed E-state index contributed by atoms with van der Waals surface area (Å²) < 4.78 is 13.4. The van der Waals surface area contributed by atoms with Gasteiger partial charge in [0.1, 0.15) is 5.82 Å². The van der Waals surface area contributed by atoms with E-state index in [1.807, 2.05) is 7.05 Å². The van der Waals surface area contributed by atoms with Crippen LogP contribution in [0.5, 0.6) is 0 Å². The Hall–Kier alpha value is -0.640. The lowest BCUT2D eigenvalue weighted by molar-refractivity contribution is 0.346. The molecule has 2 nitrogen and oxygen atoms in total. The van der Waals surface area contributed by atoms with E-state index in [1.165, 1.54) is 6.07 Å². The summed E-state index contributed by atoms with van der Waals surface area (Å²) in [6.45, 7) is 2.19. The van der Waals surface area contributed by atoms with Crippen molar-refractivity contribution in [3.63, 3.8) is 0 Å². The van der Waals surface area contributed by atoms with Crippen molar-refractivity contribution in [3.05, 3.63) is 34.6 Å². The number of benzene rings is 1. The molecule has 1 aromatic carbocycles. The molecule has 2 N–H and O–H groups in total. The molecule has 15 heavy (non-hydrogen) atoms. The van der Waals surface area contributed by atoms with E-state index in [0.29, 0.717) is 23.6 Å². The van der Waals surface area contributed by atoms with Crippen LogP contribution in [0, 0.1) is 5.82 Å². The predicted octanol–water partition coefficient (Wildman–Crippen LogP) is 1.91. The van der Waals surface area contributed by atoms with Crippen LogP contribution in [0.25, 0.3) is 0 Å². The minimum atomic E-state index is -0.233. The lowest BCUT2D eigenvalue weighted by Gasteiger charge is -2.15. The van der Waals surface area contributed by atoms with Crippen molar-refractivity contribution in [3.8, 4) is 0 Å². The van der Waals surface area contributed by atoms with Crippen LogP contribution in [-0.2, 0) is 6.42 Å². The minimum absolute atomic E-state index is 0.233. The summed E-state index contributed by atoms with van der Waals surface area (Å²) in [5, 5.41) is 0.496. The van der Waals surface area contributed by atoms with Gasteiger partial charge in [0, 0.05) is 30.2 Å². The lowest BCUT2D eigenvalue weighted by atomic mass is 10.1.